The zero-order valence-electron chi connectivity index (χ0n) is 15.8. The number of nitrogens with one attached hydrogen (secondary N) is 2. The van der Waals surface area contributed by atoms with Gasteiger partial charge in [-0.1, -0.05) is 17.4 Å². The number of rotatable bonds is 6. The molecule has 10 heteroatoms. The van der Waals surface area contributed by atoms with E-state index in [1.165, 1.54) is 37.4 Å². The Hall–Kier alpha value is -2.98. The number of amides is 1. The summed E-state index contributed by atoms with van der Waals surface area (Å²) >= 11 is 0.892. The van der Waals surface area contributed by atoms with Crippen molar-refractivity contribution in [1.82, 2.24) is 4.98 Å². The number of carbonyl (C=O) groups is 1. The van der Waals surface area contributed by atoms with Gasteiger partial charge in [0.2, 0.25) is 0 Å². The molecule has 0 bridgehead atoms. The summed E-state index contributed by atoms with van der Waals surface area (Å²) in [5.41, 5.74) is 1.12. The van der Waals surface area contributed by atoms with Crippen LogP contribution in [-0.2, 0) is 10.0 Å². The first-order valence-corrected chi connectivity index (χ1v) is 10.7. The van der Waals surface area contributed by atoms with Crippen molar-refractivity contribution in [3.05, 3.63) is 64.4 Å². The number of aromatic nitrogens is 1. The third kappa shape index (κ3) is 4.72. The Morgan fingerprint density at radius 3 is 2.45 bits per heavy atom. The summed E-state index contributed by atoms with van der Waals surface area (Å²) in [7, 11) is -2.39. The van der Waals surface area contributed by atoms with E-state index >= 15 is 0 Å². The van der Waals surface area contributed by atoms with Crippen LogP contribution in [0, 0.1) is 19.7 Å². The minimum absolute atomic E-state index is 0.0345. The Morgan fingerprint density at radius 1 is 1.14 bits per heavy atom. The highest BCUT2D eigenvalue weighted by atomic mass is 32.2. The molecule has 29 heavy (non-hydrogen) atoms. The van der Waals surface area contributed by atoms with E-state index < -0.39 is 21.7 Å². The Morgan fingerprint density at radius 2 is 1.83 bits per heavy atom. The highest BCUT2D eigenvalue weighted by Crippen LogP contribution is 2.27. The van der Waals surface area contributed by atoms with E-state index in [0.29, 0.717) is 22.7 Å². The number of anilines is 2. The number of sulfonamides is 1. The SMILES string of the molecule is COc1ccc(S(=O)(=O)Nc2nc(C)c(C(=O)Nc3ccc(C)c(F)c3)s2)cc1. The molecule has 0 saturated carbocycles. The average molecular weight is 436 g/mol. The first-order chi connectivity index (χ1) is 13.7. The Labute approximate surface area is 171 Å². The molecule has 1 heterocycles. The first-order valence-electron chi connectivity index (χ1n) is 8.41. The number of thiazole rings is 1. The van der Waals surface area contributed by atoms with Crippen LogP contribution in [0.25, 0.3) is 0 Å². The molecule has 0 aliphatic heterocycles. The molecular weight excluding hydrogens is 417 g/mol. The highest BCUT2D eigenvalue weighted by Gasteiger charge is 2.20. The fourth-order valence-corrected chi connectivity index (χ4v) is 4.53. The number of aryl methyl sites for hydroxylation is 2. The van der Waals surface area contributed by atoms with Crippen molar-refractivity contribution in [2.45, 2.75) is 18.7 Å². The number of nitrogens with zero attached hydrogens (tertiary/aromatic N) is 1. The minimum Gasteiger partial charge on any atom is -0.497 e. The van der Waals surface area contributed by atoms with Gasteiger partial charge in [-0.15, -0.1) is 0 Å². The summed E-state index contributed by atoms with van der Waals surface area (Å²) in [4.78, 5) is 16.9. The summed E-state index contributed by atoms with van der Waals surface area (Å²) in [5.74, 6) is -0.407. The van der Waals surface area contributed by atoms with Crippen LogP contribution in [0.15, 0.2) is 47.4 Å². The molecule has 0 spiro atoms. The lowest BCUT2D eigenvalue weighted by Crippen LogP contribution is -2.12. The van der Waals surface area contributed by atoms with Gasteiger partial charge in [-0.3, -0.25) is 9.52 Å². The smallest absolute Gasteiger partial charge is 0.267 e. The molecular formula is C19H18FN3O4S2. The fraction of sp³-hybridized carbons (Fsp3) is 0.158. The number of hydrogen-bond donors (Lipinski definition) is 2. The van der Waals surface area contributed by atoms with E-state index in [9.17, 15) is 17.6 Å². The molecule has 0 aliphatic carbocycles. The maximum atomic E-state index is 13.7. The molecule has 0 radical (unpaired) electrons. The molecule has 2 N–H and O–H groups in total. The normalized spacial score (nSPS) is 11.2. The third-order valence-corrected chi connectivity index (χ3v) is 6.58. The van der Waals surface area contributed by atoms with E-state index in [1.807, 2.05) is 0 Å². The predicted octanol–water partition coefficient (Wildman–Crippen LogP) is 3.96. The largest absolute Gasteiger partial charge is 0.497 e. The van der Waals surface area contributed by atoms with E-state index in [1.54, 1.807) is 26.0 Å². The van der Waals surface area contributed by atoms with E-state index in [-0.39, 0.29) is 14.9 Å². The monoisotopic (exact) mass is 435 g/mol. The molecule has 3 aromatic rings. The van der Waals surface area contributed by atoms with Crippen LogP contribution in [0.3, 0.4) is 0 Å². The third-order valence-electron chi connectivity index (χ3n) is 4.02. The molecule has 0 fully saturated rings. The Bertz CT molecular complexity index is 1160. The average Bonchev–Trinajstić information content (AvgIpc) is 3.04. The standard InChI is InChI=1S/C19H18FN3O4S2/c1-11-4-5-13(10-16(11)20)22-18(24)17-12(2)21-19(28-17)23-29(25,26)15-8-6-14(27-3)7-9-15/h4-10H,1-3H3,(H,21,23)(H,22,24). The van der Waals surface area contributed by atoms with Crippen LogP contribution in [0.4, 0.5) is 15.2 Å². The molecule has 3 rings (SSSR count). The number of halogens is 1. The molecule has 0 saturated heterocycles. The lowest BCUT2D eigenvalue weighted by molar-refractivity contribution is 0.103. The maximum absolute atomic E-state index is 13.7. The van der Waals surface area contributed by atoms with E-state index in [4.69, 9.17) is 4.74 Å². The lowest BCUT2D eigenvalue weighted by Gasteiger charge is -2.06. The van der Waals surface area contributed by atoms with Crippen LogP contribution >= 0.6 is 11.3 Å². The molecule has 2 aromatic carbocycles. The van der Waals surface area contributed by atoms with Crippen LogP contribution in [0.1, 0.15) is 20.9 Å². The fourth-order valence-electron chi connectivity index (χ4n) is 2.44. The van der Waals surface area contributed by atoms with Crippen molar-refractivity contribution in [3.63, 3.8) is 0 Å². The van der Waals surface area contributed by atoms with Gasteiger partial charge in [0, 0.05) is 5.69 Å². The molecule has 152 valence electrons. The van der Waals surface area contributed by atoms with Gasteiger partial charge >= 0.3 is 0 Å². The van der Waals surface area contributed by atoms with E-state index in [2.05, 4.69) is 15.0 Å². The summed E-state index contributed by atoms with van der Waals surface area (Å²) in [6.07, 6.45) is 0. The molecule has 0 aliphatic rings. The molecule has 0 unspecified atom stereocenters. The minimum atomic E-state index is -3.88. The number of carbonyl (C=O) groups excluding carboxylic acids is 1. The van der Waals surface area contributed by atoms with Gasteiger partial charge in [0.1, 0.15) is 16.4 Å². The van der Waals surface area contributed by atoms with Gasteiger partial charge < -0.3 is 10.1 Å². The van der Waals surface area contributed by atoms with Crippen molar-refractivity contribution in [2.75, 3.05) is 17.1 Å². The van der Waals surface area contributed by atoms with Gasteiger partial charge in [0.25, 0.3) is 15.9 Å². The van der Waals surface area contributed by atoms with Crippen molar-refractivity contribution in [3.8, 4) is 5.75 Å². The van der Waals surface area contributed by atoms with Crippen LogP contribution < -0.4 is 14.8 Å². The number of hydrogen-bond acceptors (Lipinski definition) is 6. The highest BCUT2D eigenvalue weighted by molar-refractivity contribution is 7.93. The predicted molar refractivity (Wildman–Crippen MR) is 110 cm³/mol. The summed E-state index contributed by atoms with van der Waals surface area (Å²) in [6, 6.07) is 10.2. The van der Waals surface area contributed by atoms with Gasteiger partial charge in [0.05, 0.1) is 17.7 Å². The quantitative estimate of drug-likeness (QED) is 0.611. The summed E-state index contributed by atoms with van der Waals surface area (Å²) < 4.78 is 46.1. The zero-order chi connectivity index (χ0) is 21.2. The number of methoxy groups -OCH3 is 1. The lowest BCUT2D eigenvalue weighted by atomic mass is 10.2. The number of ether oxygens (including phenoxy) is 1. The van der Waals surface area contributed by atoms with Crippen molar-refractivity contribution in [1.29, 1.82) is 0 Å². The Balaban J connectivity index is 1.78. The van der Waals surface area contributed by atoms with Crippen molar-refractivity contribution >= 4 is 38.1 Å². The summed E-state index contributed by atoms with van der Waals surface area (Å²) in [6.45, 7) is 3.21. The first kappa shape index (κ1) is 20.7. The maximum Gasteiger partial charge on any atom is 0.267 e. The molecule has 7 nitrogen and oxygen atoms in total. The van der Waals surface area contributed by atoms with Gasteiger partial charge in [0.15, 0.2) is 5.13 Å². The van der Waals surface area contributed by atoms with Crippen LogP contribution in [0.2, 0.25) is 0 Å². The molecule has 1 amide bonds. The summed E-state index contributed by atoms with van der Waals surface area (Å²) in [5, 5.41) is 2.64. The van der Waals surface area contributed by atoms with Gasteiger partial charge in [-0.25, -0.2) is 17.8 Å². The van der Waals surface area contributed by atoms with Gasteiger partial charge in [-0.2, -0.15) is 0 Å². The van der Waals surface area contributed by atoms with E-state index in [0.717, 1.165) is 11.3 Å². The van der Waals surface area contributed by atoms with Crippen molar-refractivity contribution < 1.29 is 22.3 Å². The van der Waals surface area contributed by atoms with Crippen LogP contribution in [0.5, 0.6) is 5.75 Å². The topological polar surface area (TPSA) is 97.4 Å². The second kappa shape index (κ2) is 8.18. The molecule has 1 aromatic heterocycles. The van der Waals surface area contributed by atoms with Crippen LogP contribution in [-0.4, -0.2) is 26.4 Å². The Kier molecular flexibility index (Phi) is 5.85. The second-order valence-corrected chi connectivity index (χ2v) is 8.81. The second-order valence-electron chi connectivity index (χ2n) is 6.13. The zero-order valence-corrected chi connectivity index (χ0v) is 17.4. The molecule has 0 atom stereocenters. The van der Waals surface area contributed by atoms with Crippen molar-refractivity contribution in [2.24, 2.45) is 0 Å². The number of benzene rings is 2. The van der Waals surface area contributed by atoms with Gasteiger partial charge in [-0.05, 0) is 55.8 Å².